The average molecular weight is 243 g/mol. The lowest BCUT2D eigenvalue weighted by Crippen LogP contribution is -2.57. The van der Waals surface area contributed by atoms with E-state index in [1.807, 2.05) is 0 Å². The highest BCUT2D eigenvalue weighted by molar-refractivity contribution is 5.84. The largest absolute Gasteiger partial charge is 0.481 e. The Morgan fingerprint density at radius 2 is 2.00 bits per heavy atom. The molecule has 3 amide bonds. The van der Waals surface area contributed by atoms with E-state index < -0.39 is 11.9 Å². The van der Waals surface area contributed by atoms with Crippen LogP contribution in [-0.4, -0.2) is 54.6 Å². The molecular weight excluding hydrogens is 226 g/mol. The third kappa shape index (κ3) is 3.33. The number of hydrogen-bond acceptors (Lipinski definition) is 3. The Labute approximate surface area is 99.2 Å². The fourth-order valence-corrected chi connectivity index (χ4v) is 1.55. The number of likely N-dealkylation sites (tertiary alicyclic amines) is 1. The number of rotatable bonds is 4. The Morgan fingerprint density at radius 1 is 1.41 bits per heavy atom. The number of carbonyl (C=O) groups excluding carboxylic acids is 2. The van der Waals surface area contributed by atoms with Gasteiger partial charge < -0.3 is 20.6 Å². The summed E-state index contributed by atoms with van der Waals surface area (Å²) in [6.45, 7) is 2.41. The van der Waals surface area contributed by atoms with Gasteiger partial charge in [0.1, 0.15) is 0 Å². The van der Waals surface area contributed by atoms with E-state index in [4.69, 9.17) is 5.11 Å². The SMILES string of the molecule is CNC(=O)CNC(=O)N1CC(C(C)C(=O)O)C1. The zero-order valence-electron chi connectivity index (χ0n) is 9.90. The maximum Gasteiger partial charge on any atom is 0.317 e. The van der Waals surface area contributed by atoms with Crippen molar-refractivity contribution in [3.05, 3.63) is 0 Å². The summed E-state index contributed by atoms with van der Waals surface area (Å²) in [5, 5.41) is 13.6. The highest BCUT2D eigenvalue weighted by atomic mass is 16.4. The molecule has 1 heterocycles. The number of carbonyl (C=O) groups is 3. The van der Waals surface area contributed by atoms with Gasteiger partial charge in [-0.2, -0.15) is 0 Å². The van der Waals surface area contributed by atoms with Crippen molar-refractivity contribution in [1.29, 1.82) is 0 Å². The maximum atomic E-state index is 11.5. The van der Waals surface area contributed by atoms with Crippen LogP contribution in [0.4, 0.5) is 4.79 Å². The Bertz CT molecular complexity index is 326. The van der Waals surface area contributed by atoms with Crippen molar-refractivity contribution < 1.29 is 19.5 Å². The summed E-state index contributed by atoms with van der Waals surface area (Å²) in [7, 11) is 1.49. The molecule has 0 bridgehead atoms. The quantitative estimate of drug-likeness (QED) is 0.595. The normalized spacial score (nSPS) is 16.9. The maximum absolute atomic E-state index is 11.5. The number of amides is 3. The number of carboxylic acid groups (broad SMARTS) is 1. The van der Waals surface area contributed by atoms with Crippen molar-refractivity contribution in [2.24, 2.45) is 11.8 Å². The summed E-state index contributed by atoms with van der Waals surface area (Å²) in [4.78, 5) is 34.5. The summed E-state index contributed by atoms with van der Waals surface area (Å²) >= 11 is 0. The van der Waals surface area contributed by atoms with E-state index in [-0.39, 0.29) is 24.4 Å². The number of hydrogen-bond donors (Lipinski definition) is 3. The van der Waals surface area contributed by atoms with E-state index in [0.717, 1.165) is 0 Å². The second-order valence-electron chi connectivity index (χ2n) is 4.12. The highest BCUT2D eigenvalue weighted by Gasteiger charge is 2.37. The summed E-state index contributed by atoms with van der Waals surface area (Å²) in [5.41, 5.74) is 0. The van der Waals surface area contributed by atoms with E-state index in [9.17, 15) is 14.4 Å². The van der Waals surface area contributed by atoms with Gasteiger partial charge in [-0.05, 0) is 0 Å². The first-order valence-electron chi connectivity index (χ1n) is 5.42. The van der Waals surface area contributed by atoms with Crippen LogP contribution in [0.15, 0.2) is 0 Å². The number of nitrogens with zero attached hydrogens (tertiary/aromatic N) is 1. The van der Waals surface area contributed by atoms with Gasteiger partial charge in [0.25, 0.3) is 0 Å². The van der Waals surface area contributed by atoms with Crippen LogP contribution >= 0.6 is 0 Å². The molecule has 0 aromatic heterocycles. The lowest BCUT2D eigenvalue weighted by atomic mass is 9.87. The summed E-state index contributed by atoms with van der Waals surface area (Å²) in [6, 6.07) is -0.331. The molecule has 0 aromatic rings. The molecule has 1 unspecified atom stereocenters. The van der Waals surface area contributed by atoms with Gasteiger partial charge >= 0.3 is 12.0 Å². The molecular formula is C10H17N3O4. The molecule has 1 atom stereocenters. The van der Waals surface area contributed by atoms with E-state index in [1.165, 1.54) is 11.9 Å². The number of carboxylic acids is 1. The zero-order chi connectivity index (χ0) is 13.0. The van der Waals surface area contributed by atoms with Gasteiger partial charge in [0, 0.05) is 26.1 Å². The average Bonchev–Trinajstić information content (AvgIpc) is 2.23. The van der Waals surface area contributed by atoms with Gasteiger partial charge in [0.05, 0.1) is 12.5 Å². The molecule has 1 saturated heterocycles. The second-order valence-corrected chi connectivity index (χ2v) is 4.12. The Balaban J connectivity index is 2.25. The first-order chi connectivity index (χ1) is 7.95. The molecule has 0 saturated carbocycles. The van der Waals surface area contributed by atoms with Crippen molar-refractivity contribution >= 4 is 17.9 Å². The molecule has 1 fully saturated rings. The third-order valence-corrected chi connectivity index (χ3v) is 2.97. The standard InChI is InChI=1S/C10H17N3O4/c1-6(9(15)16)7-4-13(5-7)10(17)12-3-8(14)11-2/h6-7H,3-5H2,1-2H3,(H,11,14)(H,12,17)(H,15,16). The summed E-state index contributed by atoms with van der Waals surface area (Å²) in [6.07, 6.45) is 0. The predicted octanol–water partition coefficient (Wildman–Crippen LogP) is -0.905. The summed E-state index contributed by atoms with van der Waals surface area (Å²) < 4.78 is 0. The molecule has 7 nitrogen and oxygen atoms in total. The van der Waals surface area contributed by atoms with Gasteiger partial charge in [-0.25, -0.2) is 4.79 Å². The van der Waals surface area contributed by atoms with Gasteiger partial charge in [0.2, 0.25) is 5.91 Å². The molecule has 3 N–H and O–H groups in total. The van der Waals surface area contributed by atoms with E-state index in [0.29, 0.717) is 13.1 Å². The molecule has 7 heteroatoms. The lowest BCUT2D eigenvalue weighted by molar-refractivity contribution is -0.144. The van der Waals surface area contributed by atoms with Gasteiger partial charge in [0.15, 0.2) is 0 Å². The smallest absolute Gasteiger partial charge is 0.317 e. The van der Waals surface area contributed by atoms with Crippen molar-refractivity contribution in [2.45, 2.75) is 6.92 Å². The molecule has 1 aliphatic rings. The molecule has 17 heavy (non-hydrogen) atoms. The molecule has 0 spiro atoms. The highest BCUT2D eigenvalue weighted by Crippen LogP contribution is 2.23. The van der Waals surface area contributed by atoms with Crippen LogP contribution in [0.2, 0.25) is 0 Å². The fourth-order valence-electron chi connectivity index (χ4n) is 1.55. The fraction of sp³-hybridized carbons (Fsp3) is 0.700. The van der Waals surface area contributed by atoms with E-state index in [2.05, 4.69) is 10.6 Å². The van der Waals surface area contributed by atoms with Crippen molar-refractivity contribution in [3.63, 3.8) is 0 Å². The van der Waals surface area contributed by atoms with Crippen LogP contribution in [0, 0.1) is 11.8 Å². The zero-order valence-corrected chi connectivity index (χ0v) is 9.90. The summed E-state index contributed by atoms with van der Waals surface area (Å²) in [5.74, 6) is -1.56. The number of nitrogens with one attached hydrogen (secondary N) is 2. The first-order valence-corrected chi connectivity index (χ1v) is 5.42. The number of likely N-dealkylation sites (N-methyl/N-ethyl adjacent to an activating group) is 1. The molecule has 1 aliphatic heterocycles. The molecule has 0 radical (unpaired) electrons. The van der Waals surface area contributed by atoms with Crippen LogP contribution in [0.25, 0.3) is 0 Å². The van der Waals surface area contributed by atoms with Crippen LogP contribution in [0.3, 0.4) is 0 Å². The van der Waals surface area contributed by atoms with Gasteiger partial charge in [-0.1, -0.05) is 6.92 Å². The van der Waals surface area contributed by atoms with Crippen LogP contribution in [-0.2, 0) is 9.59 Å². The predicted molar refractivity (Wildman–Crippen MR) is 59.3 cm³/mol. The molecule has 0 aliphatic carbocycles. The van der Waals surface area contributed by atoms with Gasteiger partial charge in [-0.15, -0.1) is 0 Å². The van der Waals surface area contributed by atoms with E-state index >= 15 is 0 Å². The minimum atomic E-state index is -0.847. The van der Waals surface area contributed by atoms with E-state index in [1.54, 1.807) is 6.92 Å². The number of aliphatic carboxylic acids is 1. The van der Waals surface area contributed by atoms with Crippen LogP contribution in [0.5, 0.6) is 0 Å². The Hall–Kier alpha value is -1.79. The second kappa shape index (κ2) is 5.51. The molecule has 0 aromatic carbocycles. The topological polar surface area (TPSA) is 98.7 Å². The van der Waals surface area contributed by atoms with Crippen molar-refractivity contribution in [3.8, 4) is 0 Å². The minimum absolute atomic E-state index is 0.00162. The lowest BCUT2D eigenvalue weighted by Gasteiger charge is -2.40. The van der Waals surface area contributed by atoms with Crippen molar-refractivity contribution in [2.75, 3.05) is 26.7 Å². The van der Waals surface area contributed by atoms with Crippen LogP contribution < -0.4 is 10.6 Å². The number of urea groups is 1. The first kappa shape index (κ1) is 13.3. The van der Waals surface area contributed by atoms with Gasteiger partial charge in [-0.3, -0.25) is 9.59 Å². The monoisotopic (exact) mass is 243 g/mol. The Kier molecular flexibility index (Phi) is 4.30. The Morgan fingerprint density at radius 3 is 2.47 bits per heavy atom. The minimum Gasteiger partial charge on any atom is -0.481 e. The third-order valence-electron chi connectivity index (χ3n) is 2.97. The van der Waals surface area contributed by atoms with Crippen molar-refractivity contribution in [1.82, 2.24) is 15.5 Å². The van der Waals surface area contributed by atoms with Crippen LogP contribution in [0.1, 0.15) is 6.92 Å². The molecule has 1 rings (SSSR count). The molecule has 96 valence electrons.